The molecule has 2 rings (SSSR count). The Labute approximate surface area is 148 Å². The summed E-state index contributed by atoms with van der Waals surface area (Å²) in [5.74, 6) is -0.153. The van der Waals surface area contributed by atoms with Gasteiger partial charge in [0.15, 0.2) is 0 Å². The highest BCUT2D eigenvalue weighted by molar-refractivity contribution is 5.95. The summed E-state index contributed by atoms with van der Waals surface area (Å²) in [4.78, 5) is 23.7. The zero-order valence-electron chi connectivity index (χ0n) is 15.2. The number of hydrogen-bond donors (Lipinski definition) is 3. The fourth-order valence-corrected chi connectivity index (χ4v) is 2.44. The van der Waals surface area contributed by atoms with Crippen LogP contribution in [0.15, 0.2) is 36.4 Å². The monoisotopic (exact) mass is 339 g/mol. The second kappa shape index (κ2) is 8.33. The van der Waals surface area contributed by atoms with Gasteiger partial charge in [-0.2, -0.15) is 0 Å². The van der Waals surface area contributed by atoms with Gasteiger partial charge in [0.2, 0.25) is 11.8 Å². The second-order valence-corrected chi connectivity index (χ2v) is 6.15. The summed E-state index contributed by atoms with van der Waals surface area (Å²) in [5.41, 5.74) is 5.53. The number of anilines is 3. The number of hydrogen-bond acceptors (Lipinski definition) is 3. The lowest BCUT2D eigenvalue weighted by molar-refractivity contribution is -0.116. The fourth-order valence-electron chi connectivity index (χ4n) is 2.44. The van der Waals surface area contributed by atoms with E-state index in [2.05, 4.69) is 16.0 Å². The summed E-state index contributed by atoms with van der Waals surface area (Å²) >= 11 is 0. The van der Waals surface area contributed by atoms with Gasteiger partial charge >= 0.3 is 0 Å². The van der Waals surface area contributed by atoms with Gasteiger partial charge < -0.3 is 16.0 Å². The van der Waals surface area contributed by atoms with Gasteiger partial charge in [-0.1, -0.05) is 30.7 Å². The molecule has 0 saturated carbocycles. The highest BCUT2D eigenvalue weighted by atomic mass is 16.2. The minimum Gasteiger partial charge on any atom is -0.376 e. The zero-order valence-corrected chi connectivity index (χ0v) is 15.2. The predicted octanol–water partition coefficient (Wildman–Crippen LogP) is 4.01. The molecule has 0 aliphatic carbocycles. The number of amides is 2. The molecule has 2 aromatic rings. The lowest BCUT2D eigenvalue weighted by Crippen LogP contribution is -2.22. The Morgan fingerprint density at radius 2 is 1.56 bits per heavy atom. The van der Waals surface area contributed by atoms with Gasteiger partial charge in [-0.25, -0.2) is 0 Å². The largest absolute Gasteiger partial charge is 0.376 e. The molecule has 3 N–H and O–H groups in total. The van der Waals surface area contributed by atoms with Crippen LogP contribution in [0.3, 0.4) is 0 Å². The first-order valence-corrected chi connectivity index (χ1v) is 8.40. The molecule has 25 heavy (non-hydrogen) atoms. The standard InChI is InChI=1S/C20H25N3O2/c1-5-19(24)23-18-11-16(8-7-14(18)3)21-12-20(25)22-17-9-6-13(2)10-15(17)4/h6-11,21H,5,12H2,1-4H3,(H,22,25)(H,23,24). The van der Waals surface area contributed by atoms with E-state index in [9.17, 15) is 9.59 Å². The van der Waals surface area contributed by atoms with Crippen molar-refractivity contribution in [2.45, 2.75) is 34.1 Å². The van der Waals surface area contributed by atoms with Gasteiger partial charge in [0.1, 0.15) is 0 Å². The highest BCUT2D eigenvalue weighted by Gasteiger charge is 2.07. The molecule has 0 aliphatic heterocycles. The molecule has 0 heterocycles. The molecule has 132 valence electrons. The maximum Gasteiger partial charge on any atom is 0.243 e. The van der Waals surface area contributed by atoms with E-state index in [0.29, 0.717) is 6.42 Å². The lowest BCUT2D eigenvalue weighted by atomic mass is 10.1. The summed E-state index contributed by atoms with van der Waals surface area (Å²) in [5, 5.41) is 8.86. The summed E-state index contributed by atoms with van der Waals surface area (Å²) in [6.07, 6.45) is 0.426. The average molecular weight is 339 g/mol. The molecule has 0 spiro atoms. The number of carbonyl (C=O) groups is 2. The Kier molecular flexibility index (Phi) is 6.17. The van der Waals surface area contributed by atoms with E-state index >= 15 is 0 Å². The molecule has 2 amide bonds. The number of nitrogens with one attached hydrogen (secondary N) is 3. The summed E-state index contributed by atoms with van der Waals surface area (Å²) in [6.45, 7) is 7.88. The van der Waals surface area contributed by atoms with Crippen molar-refractivity contribution in [2.24, 2.45) is 0 Å². The van der Waals surface area contributed by atoms with Crippen LogP contribution in [-0.4, -0.2) is 18.4 Å². The number of benzene rings is 2. The first-order chi connectivity index (χ1) is 11.9. The van der Waals surface area contributed by atoms with Crippen LogP contribution >= 0.6 is 0 Å². The molecule has 0 unspecified atom stereocenters. The molecule has 0 fully saturated rings. The third-order valence-electron chi connectivity index (χ3n) is 3.94. The smallest absolute Gasteiger partial charge is 0.243 e. The molecule has 0 aromatic heterocycles. The van der Waals surface area contributed by atoms with E-state index < -0.39 is 0 Å². The van der Waals surface area contributed by atoms with Crippen LogP contribution in [0.1, 0.15) is 30.0 Å². The van der Waals surface area contributed by atoms with E-state index in [1.807, 2.05) is 64.1 Å². The van der Waals surface area contributed by atoms with Crippen LogP contribution < -0.4 is 16.0 Å². The van der Waals surface area contributed by atoms with E-state index in [1.165, 1.54) is 0 Å². The van der Waals surface area contributed by atoms with Crippen LogP contribution in [0.4, 0.5) is 17.1 Å². The third kappa shape index (κ3) is 5.35. The topological polar surface area (TPSA) is 70.2 Å². The molecule has 0 atom stereocenters. The molecule has 0 saturated heterocycles. The molecule has 0 radical (unpaired) electrons. The van der Waals surface area contributed by atoms with Gasteiger partial charge in [-0.05, 0) is 50.1 Å². The number of aryl methyl sites for hydroxylation is 3. The number of rotatable bonds is 6. The second-order valence-electron chi connectivity index (χ2n) is 6.15. The van der Waals surface area contributed by atoms with Crippen LogP contribution in [0.2, 0.25) is 0 Å². The minimum absolute atomic E-state index is 0.0344. The van der Waals surface area contributed by atoms with E-state index in [0.717, 1.165) is 33.8 Å². The van der Waals surface area contributed by atoms with E-state index in [4.69, 9.17) is 0 Å². The SMILES string of the molecule is CCC(=O)Nc1cc(NCC(=O)Nc2ccc(C)cc2C)ccc1C. The van der Waals surface area contributed by atoms with Crippen molar-refractivity contribution in [3.05, 3.63) is 53.1 Å². The summed E-state index contributed by atoms with van der Waals surface area (Å²) < 4.78 is 0. The van der Waals surface area contributed by atoms with Crippen molar-refractivity contribution in [1.29, 1.82) is 0 Å². The predicted molar refractivity (Wildman–Crippen MR) is 103 cm³/mol. The molecule has 2 aromatic carbocycles. The molecular formula is C20H25N3O2. The van der Waals surface area contributed by atoms with Gasteiger partial charge in [-0.3, -0.25) is 9.59 Å². The quantitative estimate of drug-likeness (QED) is 0.745. The lowest BCUT2D eigenvalue weighted by Gasteiger charge is -2.13. The maximum atomic E-state index is 12.2. The molecule has 0 bridgehead atoms. The highest BCUT2D eigenvalue weighted by Crippen LogP contribution is 2.21. The zero-order chi connectivity index (χ0) is 18.4. The van der Waals surface area contributed by atoms with E-state index in [1.54, 1.807) is 0 Å². The Balaban J connectivity index is 1.97. The molecule has 5 heteroatoms. The normalized spacial score (nSPS) is 10.2. The molecular weight excluding hydrogens is 314 g/mol. The minimum atomic E-state index is -0.119. The van der Waals surface area contributed by atoms with E-state index in [-0.39, 0.29) is 18.4 Å². The van der Waals surface area contributed by atoms with Crippen LogP contribution in [-0.2, 0) is 9.59 Å². The Morgan fingerprint density at radius 1 is 0.840 bits per heavy atom. The van der Waals surface area contributed by atoms with Crippen molar-refractivity contribution in [3.63, 3.8) is 0 Å². The third-order valence-corrected chi connectivity index (χ3v) is 3.94. The van der Waals surface area contributed by atoms with Crippen molar-refractivity contribution in [3.8, 4) is 0 Å². The van der Waals surface area contributed by atoms with Crippen LogP contribution in [0, 0.1) is 20.8 Å². The van der Waals surface area contributed by atoms with Gasteiger partial charge in [0.25, 0.3) is 0 Å². The maximum absolute atomic E-state index is 12.2. The first-order valence-electron chi connectivity index (χ1n) is 8.40. The van der Waals surface area contributed by atoms with Crippen LogP contribution in [0.5, 0.6) is 0 Å². The molecule has 5 nitrogen and oxygen atoms in total. The van der Waals surface area contributed by atoms with Crippen LogP contribution in [0.25, 0.3) is 0 Å². The van der Waals surface area contributed by atoms with Gasteiger partial charge in [0, 0.05) is 23.5 Å². The number of carbonyl (C=O) groups excluding carboxylic acids is 2. The van der Waals surface area contributed by atoms with Crippen molar-refractivity contribution in [1.82, 2.24) is 0 Å². The van der Waals surface area contributed by atoms with Crippen molar-refractivity contribution < 1.29 is 9.59 Å². The first kappa shape index (κ1) is 18.5. The van der Waals surface area contributed by atoms with Gasteiger partial charge in [-0.15, -0.1) is 0 Å². The van der Waals surface area contributed by atoms with Crippen molar-refractivity contribution in [2.75, 3.05) is 22.5 Å². The Morgan fingerprint density at radius 3 is 2.24 bits per heavy atom. The Hall–Kier alpha value is -2.82. The average Bonchev–Trinajstić information content (AvgIpc) is 2.58. The van der Waals surface area contributed by atoms with Gasteiger partial charge in [0.05, 0.1) is 6.54 Å². The van der Waals surface area contributed by atoms with Crippen molar-refractivity contribution >= 4 is 28.9 Å². The fraction of sp³-hybridized carbons (Fsp3) is 0.300. The molecule has 0 aliphatic rings. The summed E-state index contributed by atoms with van der Waals surface area (Å²) in [7, 11) is 0. The summed E-state index contributed by atoms with van der Waals surface area (Å²) in [6, 6.07) is 11.6. The Bertz CT molecular complexity index is 785.